The molecular weight excluding hydrogens is 336 g/mol. The van der Waals surface area contributed by atoms with Crippen molar-refractivity contribution in [1.82, 2.24) is 4.98 Å². The highest BCUT2D eigenvalue weighted by molar-refractivity contribution is 5.74. The summed E-state index contributed by atoms with van der Waals surface area (Å²) in [6, 6.07) is 4.40. The van der Waals surface area contributed by atoms with E-state index in [9.17, 15) is 5.21 Å². The Morgan fingerprint density at radius 2 is 1.81 bits per heavy atom. The van der Waals surface area contributed by atoms with Gasteiger partial charge in [-0.2, -0.15) is 0 Å². The summed E-state index contributed by atoms with van der Waals surface area (Å²) < 4.78 is 1.03. The highest BCUT2D eigenvalue weighted by atomic mass is 16.5. The predicted octanol–water partition coefficient (Wildman–Crippen LogP) is 4.27. The third-order valence-electron chi connectivity index (χ3n) is 5.50. The van der Waals surface area contributed by atoms with Crippen molar-refractivity contribution in [3.05, 3.63) is 45.4 Å². The van der Waals surface area contributed by atoms with E-state index in [0.717, 1.165) is 66.5 Å². The highest BCUT2D eigenvalue weighted by Gasteiger charge is 2.36. The summed E-state index contributed by atoms with van der Waals surface area (Å²) in [5, 5.41) is 13.0. The molecule has 0 saturated heterocycles. The van der Waals surface area contributed by atoms with E-state index in [-0.39, 0.29) is 0 Å². The zero-order chi connectivity index (χ0) is 19.7. The van der Waals surface area contributed by atoms with Crippen LogP contribution in [0, 0.1) is 32.9 Å². The molecule has 0 spiro atoms. The fourth-order valence-corrected chi connectivity index (χ4v) is 4.31. The maximum atomic E-state index is 13.0. The predicted molar refractivity (Wildman–Crippen MR) is 112 cm³/mol. The minimum atomic E-state index is 0.521. The van der Waals surface area contributed by atoms with Crippen LogP contribution in [0.15, 0.2) is 12.1 Å². The van der Waals surface area contributed by atoms with E-state index in [2.05, 4.69) is 56.6 Å². The molecule has 0 radical (unpaired) electrons. The average molecular weight is 369 g/mol. The van der Waals surface area contributed by atoms with Crippen LogP contribution in [0.2, 0.25) is 0 Å². The van der Waals surface area contributed by atoms with Gasteiger partial charge in [0.25, 0.3) is 0 Å². The smallest absolute Gasteiger partial charge is 0.238 e. The lowest BCUT2D eigenvalue weighted by atomic mass is 10.0. The summed E-state index contributed by atoms with van der Waals surface area (Å²) in [4.78, 5) is 9.24. The van der Waals surface area contributed by atoms with Crippen LogP contribution in [0.25, 0.3) is 0 Å². The van der Waals surface area contributed by atoms with Crippen LogP contribution in [-0.2, 0) is 6.42 Å². The Balaban J connectivity index is 2.14. The number of aromatic nitrogens is 2. The molecule has 0 unspecified atom stereocenters. The van der Waals surface area contributed by atoms with E-state index in [4.69, 9.17) is 4.98 Å². The molecule has 0 aliphatic carbocycles. The largest absolute Gasteiger partial charge is 0.740 e. The van der Waals surface area contributed by atoms with Crippen LogP contribution in [0.4, 0.5) is 17.3 Å². The molecule has 2 aromatic rings. The van der Waals surface area contributed by atoms with E-state index in [1.807, 2.05) is 6.92 Å². The molecule has 2 heterocycles. The second kappa shape index (κ2) is 7.75. The molecule has 27 heavy (non-hydrogen) atoms. The molecule has 0 bridgehead atoms. The minimum absolute atomic E-state index is 0.521. The van der Waals surface area contributed by atoms with Gasteiger partial charge in [0, 0.05) is 26.4 Å². The third kappa shape index (κ3) is 3.47. The van der Waals surface area contributed by atoms with Crippen LogP contribution < -0.4 is 14.5 Å². The summed E-state index contributed by atoms with van der Waals surface area (Å²) in [5.41, 5.74) is 5.95. The van der Waals surface area contributed by atoms with Gasteiger partial charge < -0.3 is 10.1 Å². The first kappa shape index (κ1) is 19.5. The maximum Gasteiger partial charge on any atom is 0.238 e. The normalized spacial score (nSPS) is 13.2. The van der Waals surface area contributed by atoms with E-state index in [1.54, 1.807) is 0 Å². The first-order valence-corrected chi connectivity index (χ1v) is 10.1. The number of fused-ring (bicyclic) bond motifs is 1. The average Bonchev–Trinajstić information content (AvgIpc) is 3.03. The second-order valence-corrected chi connectivity index (χ2v) is 7.66. The van der Waals surface area contributed by atoms with Gasteiger partial charge in [-0.15, -0.1) is 0 Å². The van der Waals surface area contributed by atoms with Crippen molar-refractivity contribution in [2.45, 2.75) is 60.8 Å². The summed E-state index contributed by atoms with van der Waals surface area (Å²) in [6.45, 7) is 15.3. The maximum absolute atomic E-state index is 13.0. The fraction of sp³-hybridized carbons (Fsp3) is 0.545. The van der Waals surface area contributed by atoms with Gasteiger partial charge in [0.1, 0.15) is 5.69 Å². The lowest BCUT2D eigenvalue weighted by Gasteiger charge is -2.26. The molecule has 0 N–H and O–H groups in total. The molecule has 0 saturated carbocycles. The molecule has 1 aromatic carbocycles. The van der Waals surface area contributed by atoms with Gasteiger partial charge in [0.15, 0.2) is 0 Å². The zero-order valence-electron chi connectivity index (χ0n) is 17.6. The van der Waals surface area contributed by atoms with Gasteiger partial charge in [-0.25, -0.2) is 4.73 Å². The molecule has 3 rings (SSSR count). The van der Waals surface area contributed by atoms with Gasteiger partial charge in [0.05, 0.1) is 12.1 Å². The SMILES string of the molecule is CCCCN(CC)c1nc(C)[n+]([O-])c2c1CCN2c1c(C)cc(C)cc1C. The highest BCUT2D eigenvalue weighted by Crippen LogP contribution is 2.39. The fourth-order valence-electron chi connectivity index (χ4n) is 4.31. The zero-order valence-corrected chi connectivity index (χ0v) is 17.6. The molecule has 0 atom stereocenters. The Morgan fingerprint density at radius 1 is 1.15 bits per heavy atom. The molecule has 1 aromatic heterocycles. The molecule has 5 nitrogen and oxygen atoms in total. The van der Waals surface area contributed by atoms with E-state index in [0.29, 0.717) is 5.82 Å². The van der Waals surface area contributed by atoms with Crippen molar-refractivity contribution >= 4 is 17.3 Å². The Bertz CT molecular complexity index is 824. The Morgan fingerprint density at radius 3 is 2.41 bits per heavy atom. The standard InChI is InChI=1S/C22H32N4O/c1-7-9-11-24(8-2)21-19-10-12-25(22(19)26(27)18(6)23-21)20-16(4)13-15(3)14-17(20)5/h13-14H,7-12H2,1-6H3. The van der Waals surface area contributed by atoms with Crippen LogP contribution >= 0.6 is 0 Å². The first-order chi connectivity index (χ1) is 12.9. The van der Waals surface area contributed by atoms with Crippen LogP contribution in [0.3, 0.4) is 0 Å². The Hall–Kier alpha value is -2.30. The van der Waals surface area contributed by atoms with Gasteiger partial charge in [-0.1, -0.05) is 36.0 Å². The Kier molecular flexibility index (Phi) is 5.59. The van der Waals surface area contributed by atoms with Gasteiger partial charge >= 0.3 is 0 Å². The monoisotopic (exact) mass is 368 g/mol. The molecular formula is C22H32N4O. The van der Waals surface area contributed by atoms with Crippen molar-refractivity contribution < 1.29 is 4.73 Å². The van der Waals surface area contributed by atoms with Gasteiger partial charge in [0.2, 0.25) is 17.5 Å². The number of benzene rings is 1. The second-order valence-electron chi connectivity index (χ2n) is 7.66. The number of anilines is 3. The van der Waals surface area contributed by atoms with Gasteiger partial charge in [-0.05, 0) is 45.2 Å². The lowest BCUT2D eigenvalue weighted by Crippen LogP contribution is -2.39. The molecule has 1 aliphatic heterocycles. The van der Waals surface area contributed by atoms with Crippen molar-refractivity contribution in [2.75, 3.05) is 29.4 Å². The van der Waals surface area contributed by atoms with Crippen LogP contribution in [0.5, 0.6) is 0 Å². The quantitative estimate of drug-likeness (QED) is 0.564. The van der Waals surface area contributed by atoms with Crippen molar-refractivity contribution in [3.63, 3.8) is 0 Å². The lowest BCUT2D eigenvalue weighted by molar-refractivity contribution is -0.602. The summed E-state index contributed by atoms with van der Waals surface area (Å²) in [6.07, 6.45) is 3.14. The van der Waals surface area contributed by atoms with Gasteiger partial charge in [-0.3, -0.25) is 4.90 Å². The summed E-state index contributed by atoms with van der Waals surface area (Å²) >= 11 is 0. The minimum Gasteiger partial charge on any atom is -0.740 e. The van der Waals surface area contributed by atoms with Crippen LogP contribution in [-0.4, -0.2) is 24.6 Å². The number of hydrogen-bond acceptors (Lipinski definition) is 4. The molecule has 1 aliphatic rings. The number of hydrogen-bond donors (Lipinski definition) is 0. The van der Waals surface area contributed by atoms with E-state index in [1.165, 1.54) is 16.7 Å². The van der Waals surface area contributed by atoms with E-state index < -0.39 is 0 Å². The van der Waals surface area contributed by atoms with Crippen molar-refractivity contribution in [1.29, 1.82) is 0 Å². The molecule has 0 fully saturated rings. The topological polar surface area (TPSA) is 46.3 Å². The third-order valence-corrected chi connectivity index (χ3v) is 5.50. The molecule has 146 valence electrons. The summed E-state index contributed by atoms with van der Waals surface area (Å²) in [5.74, 6) is 2.28. The van der Waals surface area contributed by atoms with Crippen LogP contribution in [0.1, 0.15) is 54.8 Å². The number of aryl methyl sites for hydroxylation is 4. The van der Waals surface area contributed by atoms with Crippen molar-refractivity contribution in [2.24, 2.45) is 0 Å². The number of nitrogens with zero attached hydrogens (tertiary/aromatic N) is 4. The van der Waals surface area contributed by atoms with Crippen molar-refractivity contribution in [3.8, 4) is 0 Å². The molecule has 5 heteroatoms. The number of rotatable bonds is 6. The van der Waals surface area contributed by atoms with E-state index >= 15 is 0 Å². The first-order valence-electron chi connectivity index (χ1n) is 10.1. The number of unbranched alkanes of at least 4 members (excludes halogenated alkanes) is 1. The molecule has 0 amide bonds. The Labute approximate surface area is 163 Å². The summed E-state index contributed by atoms with van der Waals surface area (Å²) in [7, 11) is 0.